The third-order valence-corrected chi connectivity index (χ3v) is 2.45. The van der Waals surface area contributed by atoms with Gasteiger partial charge in [-0.2, -0.15) is 0 Å². The molecular weight excluding hydrogens is 214 g/mol. The SMILES string of the molecule is CC(C)Cc1ccc(Cl)c(N)c1C(=O)O. The number of carbonyl (C=O) groups is 1. The topological polar surface area (TPSA) is 63.3 Å². The molecule has 0 aliphatic heterocycles. The van der Waals surface area contributed by atoms with Crippen molar-refractivity contribution in [3.05, 3.63) is 28.3 Å². The summed E-state index contributed by atoms with van der Waals surface area (Å²) < 4.78 is 0. The van der Waals surface area contributed by atoms with E-state index in [4.69, 9.17) is 22.4 Å². The molecule has 0 aliphatic carbocycles. The zero-order valence-electron chi connectivity index (χ0n) is 8.75. The first-order valence-electron chi connectivity index (χ1n) is 4.73. The van der Waals surface area contributed by atoms with Crippen molar-refractivity contribution >= 4 is 23.3 Å². The minimum Gasteiger partial charge on any atom is -0.478 e. The van der Waals surface area contributed by atoms with E-state index in [1.807, 2.05) is 13.8 Å². The number of nitrogen functional groups attached to an aromatic ring is 1. The highest BCUT2D eigenvalue weighted by Crippen LogP contribution is 2.27. The zero-order chi connectivity index (χ0) is 11.6. The van der Waals surface area contributed by atoms with Crippen molar-refractivity contribution in [3.8, 4) is 0 Å². The van der Waals surface area contributed by atoms with E-state index in [1.54, 1.807) is 12.1 Å². The van der Waals surface area contributed by atoms with Crippen LogP contribution < -0.4 is 5.73 Å². The predicted molar refractivity (Wildman–Crippen MR) is 61.4 cm³/mol. The molecule has 0 fully saturated rings. The number of carboxylic acid groups (broad SMARTS) is 1. The first kappa shape index (κ1) is 11.9. The van der Waals surface area contributed by atoms with Gasteiger partial charge in [-0.3, -0.25) is 0 Å². The summed E-state index contributed by atoms with van der Waals surface area (Å²) in [7, 11) is 0. The van der Waals surface area contributed by atoms with E-state index in [0.29, 0.717) is 17.4 Å². The normalized spacial score (nSPS) is 10.7. The van der Waals surface area contributed by atoms with Gasteiger partial charge in [0.25, 0.3) is 0 Å². The molecule has 0 amide bonds. The number of hydrogen-bond donors (Lipinski definition) is 2. The molecule has 15 heavy (non-hydrogen) atoms. The van der Waals surface area contributed by atoms with Crippen LogP contribution >= 0.6 is 11.6 Å². The molecule has 0 atom stereocenters. The second kappa shape index (κ2) is 4.53. The maximum atomic E-state index is 11.0. The smallest absolute Gasteiger partial charge is 0.338 e. The maximum absolute atomic E-state index is 11.0. The van der Waals surface area contributed by atoms with E-state index < -0.39 is 5.97 Å². The monoisotopic (exact) mass is 227 g/mol. The Kier molecular flexibility index (Phi) is 3.58. The van der Waals surface area contributed by atoms with Gasteiger partial charge in [-0.1, -0.05) is 31.5 Å². The van der Waals surface area contributed by atoms with Crippen LogP contribution in [0.5, 0.6) is 0 Å². The van der Waals surface area contributed by atoms with Crippen molar-refractivity contribution in [2.24, 2.45) is 5.92 Å². The van der Waals surface area contributed by atoms with E-state index in [0.717, 1.165) is 5.56 Å². The summed E-state index contributed by atoms with van der Waals surface area (Å²) in [5.41, 5.74) is 6.67. The molecule has 1 aromatic carbocycles. The van der Waals surface area contributed by atoms with Crippen LogP contribution in [0.3, 0.4) is 0 Å². The fraction of sp³-hybridized carbons (Fsp3) is 0.364. The number of carboxylic acids is 1. The second-order valence-corrected chi connectivity index (χ2v) is 4.31. The second-order valence-electron chi connectivity index (χ2n) is 3.90. The van der Waals surface area contributed by atoms with Gasteiger partial charge in [0, 0.05) is 0 Å². The predicted octanol–water partition coefficient (Wildman–Crippen LogP) is 2.82. The molecule has 4 heteroatoms. The lowest BCUT2D eigenvalue weighted by molar-refractivity contribution is 0.0696. The van der Waals surface area contributed by atoms with Crippen LogP contribution in [-0.4, -0.2) is 11.1 Å². The number of aromatic carboxylic acids is 1. The Hall–Kier alpha value is -1.22. The summed E-state index contributed by atoms with van der Waals surface area (Å²) in [5, 5.41) is 9.34. The van der Waals surface area contributed by atoms with Gasteiger partial charge in [-0.05, 0) is 24.0 Å². The first-order chi connectivity index (χ1) is 6.93. The Balaban J connectivity index is 3.27. The zero-order valence-corrected chi connectivity index (χ0v) is 9.51. The average molecular weight is 228 g/mol. The lowest BCUT2D eigenvalue weighted by Gasteiger charge is -2.11. The molecule has 0 heterocycles. The van der Waals surface area contributed by atoms with Crippen LogP contribution in [0.2, 0.25) is 5.02 Å². The highest BCUT2D eigenvalue weighted by Gasteiger charge is 2.16. The maximum Gasteiger partial charge on any atom is 0.338 e. The van der Waals surface area contributed by atoms with Gasteiger partial charge in [0.15, 0.2) is 0 Å². The van der Waals surface area contributed by atoms with E-state index in [-0.39, 0.29) is 11.3 Å². The van der Waals surface area contributed by atoms with Gasteiger partial charge in [-0.25, -0.2) is 4.79 Å². The van der Waals surface area contributed by atoms with Crippen molar-refractivity contribution in [1.29, 1.82) is 0 Å². The lowest BCUT2D eigenvalue weighted by atomic mass is 9.97. The largest absolute Gasteiger partial charge is 0.478 e. The molecule has 82 valence electrons. The Labute approximate surface area is 93.9 Å². The van der Waals surface area contributed by atoms with Gasteiger partial charge >= 0.3 is 5.97 Å². The molecular formula is C11H14ClNO2. The van der Waals surface area contributed by atoms with Gasteiger partial charge in [0.1, 0.15) is 0 Å². The minimum absolute atomic E-state index is 0.135. The van der Waals surface area contributed by atoms with Crippen LogP contribution in [0.15, 0.2) is 12.1 Å². The van der Waals surface area contributed by atoms with Crippen molar-refractivity contribution in [2.75, 3.05) is 5.73 Å². The van der Waals surface area contributed by atoms with Gasteiger partial charge in [0.2, 0.25) is 0 Å². The first-order valence-corrected chi connectivity index (χ1v) is 5.11. The highest BCUT2D eigenvalue weighted by molar-refractivity contribution is 6.33. The molecule has 1 aromatic rings. The van der Waals surface area contributed by atoms with E-state index in [9.17, 15) is 4.79 Å². The van der Waals surface area contributed by atoms with E-state index in [1.165, 1.54) is 0 Å². The van der Waals surface area contributed by atoms with Crippen LogP contribution in [0.4, 0.5) is 5.69 Å². The van der Waals surface area contributed by atoms with Crippen molar-refractivity contribution in [3.63, 3.8) is 0 Å². The molecule has 3 nitrogen and oxygen atoms in total. The Morgan fingerprint density at radius 2 is 2.13 bits per heavy atom. The molecule has 1 rings (SSSR count). The minimum atomic E-state index is -1.02. The number of anilines is 1. The van der Waals surface area contributed by atoms with E-state index >= 15 is 0 Å². The third kappa shape index (κ3) is 2.63. The molecule has 0 unspecified atom stereocenters. The van der Waals surface area contributed by atoms with Crippen molar-refractivity contribution < 1.29 is 9.90 Å². The third-order valence-electron chi connectivity index (χ3n) is 2.12. The summed E-state index contributed by atoms with van der Waals surface area (Å²) in [4.78, 5) is 11.0. The number of rotatable bonds is 3. The number of halogens is 1. The molecule has 0 bridgehead atoms. The van der Waals surface area contributed by atoms with Gasteiger partial charge in [0.05, 0.1) is 16.3 Å². The Bertz CT molecular complexity index is 388. The highest BCUT2D eigenvalue weighted by atomic mass is 35.5. The summed E-state index contributed by atoms with van der Waals surface area (Å²) in [5.74, 6) is -0.644. The fourth-order valence-electron chi connectivity index (χ4n) is 1.50. The molecule has 0 radical (unpaired) electrons. The Morgan fingerprint density at radius 3 is 2.60 bits per heavy atom. The lowest BCUT2D eigenvalue weighted by Crippen LogP contribution is -2.09. The van der Waals surface area contributed by atoms with E-state index in [2.05, 4.69) is 0 Å². The molecule has 0 aromatic heterocycles. The number of hydrogen-bond acceptors (Lipinski definition) is 2. The van der Waals surface area contributed by atoms with Crippen molar-refractivity contribution in [1.82, 2.24) is 0 Å². The standard InChI is InChI=1S/C11H14ClNO2/c1-6(2)5-7-3-4-8(12)10(13)9(7)11(14)15/h3-4,6H,5,13H2,1-2H3,(H,14,15). The van der Waals surface area contributed by atoms with Crippen LogP contribution in [0, 0.1) is 5.92 Å². The summed E-state index contributed by atoms with van der Waals surface area (Å²) in [6.45, 7) is 4.05. The summed E-state index contributed by atoms with van der Waals surface area (Å²) >= 11 is 5.78. The molecule has 0 aliphatic rings. The number of benzene rings is 1. The van der Waals surface area contributed by atoms with Crippen molar-refractivity contribution in [2.45, 2.75) is 20.3 Å². The average Bonchev–Trinajstić information content (AvgIpc) is 2.10. The van der Waals surface area contributed by atoms with Crippen LogP contribution in [-0.2, 0) is 6.42 Å². The van der Waals surface area contributed by atoms with Gasteiger partial charge < -0.3 is 10.8 Å². The molecule has 3 N–H and O–H groups in total. The van der Waals surface area contributed by atoms with Crippen LogP contribution in [0.1, 0.15) is 29.8 Å². The molecule has 0 saturated heterocycles. The van der Waals surface area contributed by atoms with Crippen LogP contribution in [0.25, 0.3) is 0 Å². The summed E-state index contributed by atoms with van der Waals surface area (Å²) in [6, 6.07) is 3.36. The molecule has 0 spiro atoms. The van der Waals surface area contributed by atoms with Gasteiger partial charge in [-0.15, -0.1) is 0 Å². The summed E-state index contributed by atoms with van der Waals surface area (Å²) in [6.07, 6.45) is 0.684. The molecule has 0 saturated carbocycles. The fourth-order valence-corrected chi connectivity index (χ4v) is 1.66. The quantitative estimate of drug-likeness (QED) is 0.781. The Morgan fingerprint density at radius 1 is 1.53 bits per heavy atom. The number of nitrogens with two attached hydrogens (primary N) is 1.